The van der Waals surface area contributed by atoms with Gasteiger partial charge in [-0.2, -0.15) is 0 Å². The highest BCUT2D eigenvalue weighted by Crippen LogP contribution is 2.49. The van der Waals surface area contributed by atoms with Gasteiger partial charge in [0.2, 0.25) is 0 Å². The van der Waals surface area contributed by atoms with Crippen LogP contribution in [0.3, 0.4) is 0 Å². The second-order valence-corrected chi connectivity index (χ2v) is 5.45. The molecule has 1 saturated heterocycles. The molecule has 2 aliphatic heterocycles. The van der Waals surface area contributed by atoms with Crippen LogP contribution in [0.25, 0.3) is 0 Å². The molecule has 0 radical (unpaired) electrons. The van der Waals surface area contributed by atoms with Gasteiger partial charge >= 0.3 is 5.97 Å². The van der Waals surface area contributed by atoms with Crippen molar-refractivity contribution in [2.24, 2.45) is 0 Å². The van der Waals surface area contributed by atoms with Crippen molar-refractivity contribution in [2.75, 3.05) is 26.8 Å². The highest BCUT2D eigenvalue weighted by atomic mass is 16.6. The normalized spacial score (nSPS) is 22.9. The van der Waals surface area contributed by atoms with Gasteiger partial charge in [0.05, 0.1) is 19.3 Å². The maximum atomic E-state index is 12.2. The van der Waals surface area contributed by atoms with Gasteiger partial charge in [-0.3, -0.25) is 0 Å². The smallest absolute Gasteiger partial charge is 0.339 e. The highest BCUT2D eigenvalue weighted by Gasteiger charge is 2.48. The van der Waals surface area contributed by atoms with Crippen molar-refractivity contribution in [1.82, 2.24) is 5.32 Å². The number of carbonyl (C=O) groups excluding carboxylic acids is 1. The zero-order valence-corrected chi connectivity index (χ0v) is 12.5. The van der Waals surface area contributed by atoms with Gasteiger partial charge in [-0.05, 0) is 50.6 Å². The second-order valence-electron chi connectivity index (χ2n) is 5.45. The van der Waals surface area contributed by atoms with E-state index in [1.54, 1.807) is 14.0 Å². The van der Waals surface area contributed by atoms with Gasteiger partial charge in [-0.15, -0.1) is 0 Å². The van der Waals surface area contributed by atoms with Gasteiger partial charge in [-0.1, -0.05) is 6.07 Å². The molecule has 0 aliphatic carbocycles. The van der Waals surface area contributed by atoms with Crippen LogP contribution in [0.5, 0.6) is 5.75 Å². The molecule has 5 nitrogen and oxygen atoms in total. The summed E-state index contributed by atoms with van der Waals surface area (Å²) in [4.78, 5) is 12.2. The molecular formula is C16H21NO4. The topological polar surface area (TPSA) is 56.8 Å². The van der Waals surface area contributed by atoms with Crippen molar-refractivity contribution in [3.63, 3.8) is 0 Å². The molecule has 0 aromatic heterocycles. The number of methoxy groups -OCH3 is 1. The van der Waals surface area contributed by atoms with Crippen LogP contribution >= 0.6 is 0 Å². The Morgan fingerprint density at radius 2 is 2.19 bits per heavy atom. The van der Waals surface area contributed by atoms with Crippen LogP contribution in [0, 0.1) is 0 Å². The number of fused-ring (bicyclic) bond motifs is 2. The van der Waals surface area contributed by atoms with Gasteiger partial charge in [-0.25, -0.2) is 4.79 Å². The molecule has 114 valence electrons. The van der Waals surface area contributed by atoms with Gasteiger partial charge in [0.1, 0.15) is 5.75 Å². The number of piperidine rings is 1. The molecule has 0 saturated carbocycles. The van der Waals surface area contributed by atoms with E-state index in [1.807, 2.05) is 18.2 Å². The molecule has 1 unspecified atom stereocenters. The molecule has 3 rings (SSSR count). The standard InChI is InChI=1S/C16H21NO4/c1-3-20-15(18)14-12-10-11(19-2)4-5-13(12)16(21-14)6-8-17-9-7-16/h4-5,10,14,17H,3,6-9H2,1-2H3. The van der Waals surface area contributed by atoms with Crippen molar-refractivity contribution in [3.8, 4) is 5.75 Å². The summed E-state index contributed by atoms with van der Waals surface area (Å²) in [5.41, 5.74) is 1.61. The van der Waals surface area contributed by atoms with Crippen LogP contribution in [0.15, 0.2) is 18.2 Å². The number of hydrogen-bond donors (Lipinski definition) is 1. The Balaban J connectivity index is 2.01. The molecule has 0 amide bonds. The SMILES string of the molecule is CCOC(=O)C1OC2(CCNCC2)c2ccc(OC)cc21. The fourth-order valence-corrected chi connectivity index (χ4v) is 3.26. The molecule has 1 aromatic carbocycles. The van der Waals surface area contributed by atoms with Crippen LogP contribution in [0.1, 0.15) is 37.0 Å². The van der Waals surface area contributed by atoms with Crippen LogP contribution < -0.4 is 10.1 Å². The van der Waals surface area contributed by atoms with E-state index in [0.29, 0.717) is 6.61 Å². The van der Waals surface area contributed by atoms with Gasteiger partial charge in [0.25, 0.3) is 0 Å². The molecule has 1 fully saturated rings. The highest BCUT2D eigenvalue weighted by molar-refractivity contribution is 5.78. The summed E-state index contributed by atoms with van der Waals surface area (Å²) >= 11 is 0. The third-order valence-electron chi connectivity index (χ3n) is 4.29. The average Bonchev–Trinajstić information content (AvgIpc) is 2.82. The lowest BCUT2D eigenvalue weighted by Crippen LogP contribution is -2.40. The van der Waals surface area contributed by atoms with Crippen LogP contribution in [0.2, 0.25) is 0 Å². The summed E-state index contributed by atoms with van der Waals surface area (Å²) in [5.74, 6) is 0.417. The van der Waals surface area contributed by atoms with E-state index in [1.165, 1.54) is 0 Å². The van der Waals surface area contributed by atoms with E-state index in [0.717, 1.165) is 42.8 Å². The molecular weight excluding hydrogens is 270 g/mol. The zero-order chi connectivity index (χ0) is 14.9. The number of nitrogens with one attached hydrogen (secondary N) is 1. The molecule has 0 bridgehead atoms. The largest absolute Gasteiger partial charge is 0.497 e. The number of esters is 1. The van der Waals surface area contributed by atoms with E-state index < -0.39 is 6.10 Å². The van der Waals surface area contributed by atoms with Crippen molar-refractivity contribution >= 4 is 5.97 Å². The van der Waals surface area contributed by atoms with Gasteiger partial charge in [0.15, 0.2) is 6.10 Å². The molecule has 1 spiro atoms. The summed E-state index contributed by atoms with van der Waals surface area (Å²) in [6.07, 6.45) is 1.08. The fraction of sp³-hybridized carbons (Fsp3) is 0.562. The summed E-state index contributed by atoms with van der Waals surface area (Å²) in [6, 6.07) is 5.85. The Labute approximate surface area is 124 Å². The minimum absolute atomic E-state index is 0.317. The lowest BCUT2D eigenvalue weighted by molar-refractivity contribution is -0.169. The predicted octanol–water partition coefficient (Wildman–Crippen LogP) is 1.91. The first-order valence-electron chi connectivity index (χ1n) is 7.44. The van der Waals surface area contributed by atoms with Gasteiger partial charge in [0, 0.05) is 5.56 Å². The summed E-state index contributed by atoms with van der Waals surface area (Å²) in [7, 11) is 1.62. The first-order chi connectivity index (χ1) is 10.2. The fourth-order valence-electron chi connectivity index (χ4n) is 3.26. The third kappa shape index (κ3) is 2.40. The Morgan fingerprint density at radius 3 is 2.86 bits per heavy atom. The molecule has 1 N–H and O–H groups in total. The lowest BCUT2D eigenvalue weighted by Gasteiger charge is -2.34. The average molecular weight is 291 g/mol. The minimum atomic E-state index is -0.645. The minimum Gasteiger partial charge on any atom is -0.497 e. The molecule has 5 heteroatoms. The number of hydrogen-bond acceptors (Lipinski definition) is 5. The first-order valence-corrected chi connectivity index (χ1v) is 7.44. The Hall–Kier alpha value is -1.59. The van der Waals surface area contributed by atoms with E-state index in [2.05, 4.69) is 5.32 Å². The summed E-state index contributed by atoms with van der Waals surface area (Å²) in [6.45, 7) is 3.94. The quantitative estimate of drug-likeness (QED) is 0.862. The zero-order valence-electron chi connectivity index (χ0n) is 12.5. The molecule has 2 aliphatic rings. The Morgan fingerprint density at radius 1 is 1.43 bits per heavy atom. The second kappa shape index (κ2) is 5.66. The van der Waals surface area contributed by atoms with E-state index in [-0.39, 0.29) is 11.6 Å². The van der Waals surface area contributed by atoms with E-state index >= 15 is 0 Å². The monoisotopic (exact) mass is 291 g/mol. The van der Waals surface area contributed by atoms with Crippen LogP contribution in [0.4, 0.5) is 0 Å². The molecule has 2 heterocycles. The predicted molar refractivity (Wildman–Crippen MR) is 77.2 cm³/mol. The number of rotatable bonds is 3. The van der Waals surface area contributed by atoms with Crippen LogP contribution in [-0.2, 0) is 19.9 Å². The summed E-state index contributed by atoms with van der Waals surface area (Å²) in [5, 5.41) is 3.34. The number of benzene rings is 1. The lowest BCUT2D eigenvalue weighted by atomic mass is 9.84. The van der Waals surface area contributed by atoms with Crippen LogP contribution in [-0.4, -0.2) is 32.8 Å². The third-order valence-corrected chi connectivity index (χ3v) is 4.29. The van der Waals surface area contributed by atoms with Crippen molar-refractivity contribution in [1.29, 1.82) is 0 Å². The summed E-state index contributed by atoms with van der Waals surface area (Å²) < 4.78 is 16.7. The Bertz CT molecular complexity index is 537. The van der Waals surface area contributed by atoms with Crippen molar-refractivity contribution in [2.45, 2.75) is 31.5 Å². The van der Waals surface area contributed by atoms with E-state index in [9.17, 15) is 4.79 Å². The molecule has 21 heavy (non-hydrogen) atoms. The number of ether oxygens (including phenoxy) is 3. The van der Waals surface area contributed by atoms with Gasteiger partial charge < -0.3 is 19.5 Å². The first kappa shape index (κ1) is 14.4. The maximum absolute atomic E-state index is 12.2. The molecule has 1 atom stereocenters. The Kier molecular flexibility index (Phi) is 3.87. The van der Waals surface area contributed by atoms with Crippen molar-refractivity contribution in [3.05, 3.63) is 29.3 Å². The van der Waals surface area contributed by atoms with Crippen molar-refractivity contribution < 1.29 is 19.0 Å². The van der Waals surface area contributed by atoms with E-state index in [4.69, 9.17) is 14.2 Å². The molecule has 1 aromatic rings. The number of carbonyl (C=O) groups is 1. The maximum Gasteiger partial charge on any atom is 0.339 e.